The van der Waals surface area contributed by atoms with Crippen molar-refractivity contribution in [1.82, 2.24) is 9.88 Å². The van der Waals surface area contributed by atoms with Crippen molar-refractivity contribution in [2.45, 2.75) is 40.0 Å². The number of piperazine rings is 1. The normalized spacial score (nSPS) is 14.3. The molecular weight excluding hydrogens is 462 g/mol. The van der Waals surface area contributed by atoms with Gasteiger partial charge in [0.25, 0.3) is 0 Å². The van der Waals surface area contributed by atoms with E-state index in [0.717, 1.165) is 43.9 Å². The number of halogens is 1. The number of ether oxygens (including phenoxy) is 2. The van der Waals surface area contributed by atoms with E-state index >= 15 is 0 Å². The first-order chi connectivity index (χ1) is 16.9. The Labute approximate surface area is 212 Å². The largest absolute Gasteiger partial charge is 0.487 e. The number of aryl methyl sites for hydroxylation is 1. The molecule has 35 heavy (non-hydrogen) atoms. The molecule has 1 aliphatic rings. The Morgan fingerprint density at radius 3 is 2.54 bits per heavy atom. The van der Waals surface area contributed by atoms with Gasteiger partial charge in [0.05, 0.1) is 11.1 Å². The molecule has 0 amide bonds. The molecule has 0 unspecified atom stereocenters. The van der Waals surface area contributed by atoms with Gasteiger partial charge < -0.3 is 14.4 Å². The number of carbonyl (C=O) groups is 1. The highest BCUT2D eigenvalue weighted by Gasteiger charge is 2.23. The maximum Gasteiger partial charge on any atom is 0.342 e. The van der Waals surface area contributed by atoms with E-state index in [2.05, 4.69) is 39.0 Å². The highest BCUT2D eigenvalue weighted by atomic mass is 35.5. The van der Waals surface area contributed by atoms with Crippen LogP contribution in [0.25, 0.3) is 0 Å². The van der Waals surface area contributed by atoms with Crippen molar-refractivity contribution in [1.29, 1.82) is 0 Å². The van der Waals surface area contributed by atoms with Gasteiger partial charge in [-0.25, -0.2) is 9.78 Å². The zero-order valence-corrected chi connectivity index (χ0v) is 21.3. The van der Waals surface area contributed by atoms with Gasteiger partial charge >= 0.3 is 5.97 Å². The maximum atomic E-state index is 12.5. The number of hydrogen-bond donors (Lipinski definition) is 0. The quantitative estimate of drug-likeness (QED) is 0.386. The van der Waals surface area contributed by atoms with Gasteiger partial charge in [0.1, 0.15) is 23.7 Å². The highest BCUT2D eigenvalue weighted by molar-refractivity contribution is 6.32. The van der Waals surface area contributed by atoms with Gasteiger partial charge in [-0.3, -0.25) is 4.90 Å². The molecule has 0 N–H and O–H groups in total. The van der Waals surface area contributed by atoms with Crippen LogP contribution < -0.4 is 9.64 Å². The highest BCUT2D eigenvalue weighted by Crippen LogP contribution is 2.26. The number of nitrogens with zero attached hydrogens (tertiary/aromatic N) is 3. The van der Waals surface area contributed by atoms with Gasteiger partial charge in [-0.1, -0.05) is 41.9 Å². The first-order valence-electron chi connectivity index (χ1n) is 12.0. The first kappa shape index (κ1) is 25.0. The lowest BCUT2D eigenvalue weighted by molar-refractivity contribution is 0.0378. The van der Waals surface area contributed by atoms with Crippen LogP contribution in [0.5, 0.6) is 5.75 Å². The minimum Gasteiger partial charge on any atom is -0.487 e. The van der Waals surface area contributed by atoms with Crippen LogP contribution in [0.2, 0.25) is 5.02 Å². The van der Waals surface area contributed by atoms with Crippen LogP contribution in [0.4, 0.5) is 5.82 Å². The maximum absolute atomic E-state index is 12.5. The van der Waals surface area contributed by atoms with Crippen molar-refractivity contribution in [3.8, 4) is 5.75 Å². The lowest BCUT2D eigenvalue weighted by Crippen LogP contribution is -2.46. The fourth-order valence-electron chi connectivity index (χ4n) is 4.16. The summed E-state index contributed by atoms with van der Waals surface area (Å²) >= 11 is 6.30. The Morgan fingerprint density at radius 2 is 1.80 bits per heavy atom. The summed E-state index contributed by atoms with van der Waals surface area (Å²) in [6, 6.07) is 17.9. The summed E-state index contributed by atoms with van der Waals surface area (Å²) in [5.41, 5.74) is 3.99. The molecule has 0 spiro atoms. The summed E-state index contributed by atoms with van der Waals surface area (Å²) in [7, 11) is 0. The average molecular weight is 494 g/mol. The Morgan fingerprint density at radius 1 is 1.03 bits per heavy atom. The number of anilines is 1. The molecule has 0 saturated carbocycles. The summed E-state index contributed by atoms with van der Waals surface area (Å²) in [5, 5.41) is 0.632. The van der Waals surface area contributed by atoms with Crippen LogP contribution >= 0.6 is 11.6 Å². The van der Waals surface area contributed by atoms with E-state index in [1.165, 1.54) is 5.56 Å². The third-order valence-corrected chi connectivity index (χ3v) is 6.20. The van der Waals surface area contributed by atoms with Gasteiger partial charge in [-0.15, -0.1) is 0 Å². The number of esters is 1. The topological polar surface area (TPSA) is 54.9 Å². The van der Waals surface area contributed by atoms with Crippen LogP contribution in [0.1, 0.15) is 40.9 Å². The van der Waals surface area contributed by atoms with Crippen molar-refractivity contribution in [3.63, 3.8) is 0 Å². The number of benzene rings is 2. The summed E-state index contributed by atoms with van der Waals surface area (Å²) in [5.74, 6) is 1.08. The molecule has 0 bridgehead atoms. The van der Waals surface area contributed by atoms with Crippen molar-refractivity contribution in [2.75, 3.05) is 31.1 Å². The molecule has 0 aliphatic carbocycles. The summed E-state index contributed by atoms with van der Waals surface area (Å²) in [6.07, 6.45) is 1.56. The second-order valence-corrected chi connectivity index (χ2v) is 9.54. The molecule has 3 aromatic rings. The molecular formula is C28H32ClN3O3. The smallest absolute Gasteiger partial charge is 0.342 e. The predicted octanol–water partition coefficient (Wildman–Crippen LogP) is 5.51. The fraction of sp³-hybridized carbons (Fsp3) is 0.357. The molecule has 7 heteroatoms. The van der Waals surface area contributed by atoms with Gasteiger partial charge in [0.15, 0.2) is 0 Å². The third-order valence-electron chi connectivity index (χ3n) is 5.90. The van der Waals surface area contributed by atoms with E-state index in [0.29, 0.717) is 28.8 Å². The monoisotopic (exact) mass is 493 g/mol. The van der Waals surface area contributed by atoms with Gasteiger partial charge in [-0.2, -0.15) is 0 Å². The zero-order valence-electron chi connectivity index (χ0n) is 20.5. The van der Waals surface area contributed by atoms with Gasteiger partial charge in [0.2, 0.25) is 0 Å². The van der Waals surface area contributed by atoms with E-state index in [4.69, 9.17) is 21.1 Å². The van der Waals surface area contributed by atoms with E-state index in [1.54, 1.807) is 18.3 Å². The predicted molar refractivity (Wildman–Crippen MR) is 139 cm³/mol. The van der Waals surface area contributed by atoms with E-state index in [9.17, 15) is 4.79 Å². The standard InChI is InChI=1S/C28H32ClN3O3/c1-20(2)35-28(33)24-8-5-11-30-27(24)32-14-12-31(13-15-32)18-22-6-4-7-23(17-22)19-34-26-10-9-21(3)16-25(26)29/h4-11,16-17,20H,12-15,18-19H2,1-3H3. The second kappa shape index (κ2) is 11.6. The molecule has 1 aliphatic heterocycles. The molecule has 0 atom stereocenters. The van der Waals surface area contributed by atoms with Crippen molar-refractivity contribution < 1.29 is 14.3 Å². The molecule has 2 aromatic carbocycles. The van der Waals surface area contributed by atoms with E-state index in [1.807, 2.05) is 39.0 Å². The van der Waals surface area contributed by atoms with E-state index < -0.39 is 0 Å². The lowest BCUT2D eigenvalue weighted by atomic mass is 10.1. The molecule has 1 aromatic heterocycles. The van der Waals surface area contributed by atoms with Crippen molar-refractivity contribution >= 4 is 23.4 Å². The number of aromatic nitrogens is 1. The Hall–Kier alpha value is -3.09. The SMILES string of the molecule is Cc1ccc(OCc2cccc(CN3CCN(c4ncccc4C(=O)OC(C)C)CC3)c2)c(Cl)c1. The fourth-order valence-corrected chi connectivity index (χ4v) is 4.45. The lowest BCUT2D eigenvalue weighted by Gasteiger charge is -2.36. The number of pyridine rings is 1. The number of hydrogen-bond acceptors (Lipinski definition) is 6. The number of rotatable bonds is 8. The zero-order chi connectivity index (χ0) is 24.8. The molecule has 4 rings (SSSR count). The Balaban J connectivity index is 1.33. The second-order valence-electron chi connectivity index (χ2n) is 9.13. The Kier molecular flexibility index (Phi) is 8.26. The average Bonchev–Trinajstić information content (AvgIpc) is 2.84. The molecule has 6 nitrogen and oxygen atoms in total. The van der Waals surface area contributed by atoms with Crippen LogP contribution in [-0.4, -0.2) is 48.1 Å². The van der Waals surface area contributed by atoms with Crippen molar-refractivity contribution in [2.24, 2.45) is 0 Å². The minimum absolute atomic E-state index is 0.164. The first-order valence-corrected chi connectivity index (χ1v) is 12.4. The third kappa shape index (κ3) is 6.74. The molecule has 0 radical (unpaired) electrons. The minimum atomic E-state index is -0.323. The molecule has 1 saturated heterocycles. The summed E-state index contributed by atoms with van der Waals surface area (Å²) < 4.78 is 11.3. The molecule has 1 fully saturated rings. The van der Waals surface area contributed by atoms with Crippen LogP contribution in [0.15, 0.2) is 60.8 Å². The number of carbonyl (C=O) groups excluding carboxylic acids is 1. The van der Waals surface area contributed by atoms with Crippen LogP contribution in [-0.2, 0) is 17.9 Å². The molecule has 2 heterocycles. The van der Waals surface area contributed by atoms with Crippen molar-refractivity contribution in [3.05, 3.63) is 88.1 Å². The summed E-state index contributed by atoms with van der Waals surface area (Å²) in [4.78, 5) is 21.6. The summed E-state index contributed by atoms with van der Waals surface area (Å²) in [6.45, 7) is 10.4. The molecule has 184 valence electrons. The van der Waals surface area contributed by atoms with Crippen LogP contribution in [0.3, 0.4) is 0 Å². The van der Waals surface area contributed by atoms with Gasteiger partial charge in [-0.05, 0) is 61.7 Å². The van der Waals surface area contributed by atoms with E-state index in [-0.39, 0.29) is 12.1 Å². The van der Waals surface area contributed by atoms with Crippen LogP contribution in [0, 0.1) is 6.92 Å². The van der Waals surface area contributed by atoms with Gasteiger partial charge in [0, 0.05) is 38.9 Å². The Bertz CT molecular complexity index is 1160.